The predicted octanol–water partition coefficient (Wildman–Crippen LogP) is 2.21. The molecule has 1 aromatic carbocycles. The van der Waals surface area contributed by atoms with Crippen LogP contribution in [0.4, 0.5) is 19.0 Å². The molecule has 0 saturated heterocycles. The summed E-state index contributed by atoms with van der Waals surface area (Å²) in [7, 11) is 0. The molecule has 0 spiro atoms. The third-order valence-electron chi connectivity index (χ3n) is 3.39. The number of nitrogens with zero attached hydrogens (tertiary/aromatic N) is 3. The van der Waals surface area contributed by atoms with Gasteiger partial charge in [0.25, 0.3) is 5.91 Å². The first-order valence-corrected chi connectivity index (χ1v) is 7.30. The predicted molar refractivity (Wildman–Crippen MR) is 84.0 cm³/mol. The Labute approximate surface area is 139 Å². The van der Waals surface area contributed by atoms with E-state index >= 15 is 0 Å². The maximum absolute atomic E-state index is 12.8. The van der Waals surface area contributed by atoms with Gasteiger partial charge in [0, 0.05) is 24.8 Å². The van der Waals surface area contributed by atoms with Crippen molar-refractivity contribution in [2.24, 2.45) is 0 Å². The molecule has 0 bridgehead atoms. The molecule has 0 unspecified atom stereocenters. The van der Waals surface area contributed by atoms with E-state index in [0.29, 0.717) is 16.6 Å². The number of anilines is 1. The van der Waals surface area contributed by atoms with E-state index in [4.69, 9.17) is 0 Å². The number of hydrogen-bond acceptors (Lipinski definition) is 5. The van der Waals surface area contributed by atoms with E-state index in [0.717, 1.165) is 6.07 Å². The standard InChI is InChI=1S/C15H13F3N6O/c16-15(17,18)10-2-1-5-19-13(10)20-6-7-21-14(25)9-3-4-11-12(8-9)23-24-22-11/h1-5,8H,6-7H2,(H,19,20)(H,21,25)(H,22,23,24). The van der Waals surface area contributed by atoms with Crippen LogP contribution in [-0.2, 0) is 6.18 Å². The zero-order valence-electron chi connectivity index (χ0n) is 12.8. The van der Waals surface area contributed by atoms with Crippen molar-refractivity contribution in [3.63, 3.8) is 0 Å². The Balaban J connectivity index is 1.56. The van der Waals surface area contributed by atoms with E-state index in [-0.39, 0.29) is 24.8 Å². The fourth-order valence-electron chi connectivity index (χ4n) is 2.22. The van der Waals surface area contributed by atoms with Crippen molar-refractivity contribution < 1.29 is 18.0 Å². The second-order valence-corrected chi connectivity index (χ2v) is 5.11. The molecule has 3 aromatic rings. The number of alkyl halides is 3. The van der Waals surface area contributed by atoms with Crippen molar-refractivity contribution in [3.8, 4) is 0 Å². The molecule has 0 aliphatic heterocycles. The maximum atomic E-state index is 12.8. The monoisotopic (exact) mass is 350 g/mol. The Morgan fingerprint density at radius 3 is 2.72 bits per heavy atom. The minimum absolute atomic E-state index is 0.0953. The molecule has 0 aliphatic carbocycles. The van der Waals surface area contributed by atoms with Gasteiger partial charge in [0.2, 0.25) is 0 Å². The van der Waals surface area contributed by atoms with Crippen molar-refractivity contribution in [3.05, 3.63) is 47.7 Å². The number of nitrogens with one attached hydrogen (secondary N) is 3. The first kappa shape index (κ1) is 16.7. The van der Waals surface area contributed by atoms with Crippen LogP contribution in [0.25, 0.3) is 11.0 Å². The molecule has 0 fully saturated rings. The molecule has 0 aliphatic rings. The normalized spacial score (nSPS) is 11.5. The number of carbonyl (C=O) groups is 1. The summed E-state index contributed by atoms with van der Waals surface area (Å²) in [5, 5.41) is 15.4. The van der Waals surface area contributed by atoms with Gasteiger partial charge in [-0.3, -0.25) is 4.79 Å². The van der Waals surface area contributed by atoms with Crippen LogP contribution in [0.15, 0.2) is 36.5 Å². The first-order valence-electron chi connectivity index (χ1n) is 7.30. The quantitative estimate of drug-likeness (QED) is 0.613. The van der Waals surface area contributed by atoms with E-state index in [2.05, 4.69) is 31.0 Å². The number of aromatic amines is 1. The lowest BCUT2D eigenvalue weighted by atomic mass is 10.2. The Bertz CT molecular complexity index is 892. The molecule has 2 aromatic heterocycles. The summed E-state index contributed by atoms with van der Waals surface area (Å²) in [5.41, 5.74) is 0.718. The van der Waals surface area contributed by atoms with Gasteiger partial charge in [0.05, 0.1) is 5.56 Å². The van der Waals surface area contributed by atoms with Crippen LogP contribution in [0.1, 0.15) is 15.9 Å². The Hall–Kier alpha value is -3.17. The van der Waals surface area contributed by atoms with Gasteiger partial charge in [-0.2, -0.15) is 28.6 Å². The van der Waals surface area contributed by atoms with Gasteiger partial charge in [-0.1, -0.05) is 0 Å². The molecule has 25 heavy (non-hydrogen) atoms. The lowest BCUT2D eigenvalue weighted by molar-refractivity contribution is -0.137. The summed E-state index contributed by atoms with van der Waals surface area (Å²) in [4.78, 5) is 15.7. The van der Waals surface area contributed by atoms with Gasteiger partial charge in [0.15, 0.2) is 0 Å². The van der Waals surface area contributed by atoms with E-state index in [1.807, 2.05) is 0 Å². The summed E-state index contributed by atoms with van der Waals surface area (Å²) in [6, 6.07) is 6.97. The molecule has 0 saturated carbocycles. The highest BCUT2D eigenvalue weighted by atomic mass is 19.4. The van der Waals surface area contributed by atoms with Gasteiger partial charge in [-0.15, -0.1) is 0 Å². The van der Waals surface area contributed by atoms with Gasteiger partial charge in [-0.25, -0.2) is 4.98 Å². The molecular weight excluding hydrogens is 337 g/mol. The van der Waals surface area contributed by atoms with Crippen molar-refractivity contribution in [2.45, 2.75) is 6.18 Å². The van der Waals surface area contributed by atoms with Gasteiger partial charge in [0.1, 0.15) is 16.9 Å². The Kier molecular flexibility index (Phi) is 4.50. The van der Waals surface area contributed by atoms with Crippen molar-refractivity contribution >= 4 is 22.8 Å². The topological polar surface area (TPSA) is 95.6 Å². The van der Waals surface area contributed by atoms with E-state index in [9.17, 15) is 18.0 Å². The van der Waals surface area contributed by atoms with Crippen molar-refractivity contribution in [2.75, 3.05) is 18.4 Å². The Morgan fingerprint density at radius 2 is 1.92 bits per heavy atom. The fraction of sp³-hybridized carbons (Fsp3) is 0.200. The second kappa shape index (κ2) is 6.75. The highest BCUT2D eigenvalue weighted by Crippen LogP contribution is 2.33. The SMILES string of the molecule is O=C(NCCNc1ncccc1C(F)(F)F)c1ccc2n[nH]nc2c1. The van der Waals surface area contributed by atoms with Gasteiger partial charge in [-0.05, 0) is 30.3 Å². The molecule has 3 rings (SSSR count). The number of carbonyl (C=O) groups excluding carboxylic acids is 1. The second-order valence-electron chi connectivity index (χ2n) is 5.11. The number of halogens is 3. The smallest absolute Gasteiger partial charge is 0.368 e. The fourth-order valence-corrected chi connectivity index (χ4v) is 2.22. The molecule has 2 heterocycles. The van der Waals surface area contributed by atoms with Gasteiger partial charge < -0.3 is 10.6 Å². The number of H-pyrrole nitrogens is 1. The summed E-state index contributed by atoms with van der Waals surface area (Å²) < 4.78 is 38.5. The number of fused-ring (bicyclic) bond motifs is 1. The van der Waals surface area contributed by atoms with Crippen LogP contribution in [0.5, 0.6) is 0 Å². The van der Waals surface area contributed by atoms with Crippen LogP contribution < -0.4 is 10.6 Å². The average Bonchev–Trinajstić information content (AvgIpc) is 3.05. The van der Waals surface area contributed by atoms with Gasteiger partial charge >= 0.3 is 6.18 Å². The number of hydrogen-bond donors (Lipinski definition) is 3. The molecular formula is C15H13F3N6O. The minimum Gasteiger partial charge on any atom is -0.368 e. The largest absolute Gasteiger partial charge is 0.419 e. The summed E-state index contributed by atoms with van der Waals surface area (Å²) >= 11 is 0. The summed E-state index contributed by atoms with van der Waals surface area (Å²) in [5.74, 6) is -0.628. The Morgan fingerprint density at radius 1 is 1.12 bits per heavy atom. The van der Waals surface area contributed by atoms with E-state index in [1.54, 1.807) is 18.2 Å². The third-order valence-corrected chi connectivity index (χ3v) is 3.39. The number of rotatable bonds is 5. The van der Waals surface area contributed by atoms with Crippen LogP contribution in [0.3, 0.4) is 0 Å². The molecule has 1 amide bonds. The number of pyridine rings is 1. The average molecular weight is 350 g/mol. The van der Waals surface area contributed by atoms with E-state index < -0.39 is 11.7 Å². The zero-order chi connectivity index (χ0) is 17.9. The van der Waals surface area contributed by atoms with Crippen LogP contribution >= 0.6 is 0 Å². The molecule has 3 N–H and O–H groups in total. The van der Waals surface area contributed by atoms with E-state index in [1.165, 1.54) is 12.3 Å². The number of aromatic nitrogens is 4. The number of benzene rings is 1. The lowest BCUT2D eigenvalue weighted by Crippen LogP contribution is -2.29. The number of amides is 1. The zero-order valence-corrected chi connectivity index (χ0v) is 12.8. The highest BCUT2D eigenvalue weighted by Gasteiger charge is 2.33. The lowest BCUT2D eigenvalue weighted by Gasteiger charge is -2.13. The van der Waals surface area contributed by atoms with Crippen molar-refractivity contribution in [1.29, 1.82) is 0 Å². The molecule has 130 valence electrons. The third kappa shape index (κ3) is 3.84. The van der Waals surface area contributed by atoms with Crippen LogP contribution in [-0.4, -0.2) is 39.4 Å². The summed E-state index contributed by atoms with van der Waals surface area (Å²) in [6.45, 7) is 0.224. The molecule has 0 radical (unpaired) electrons. The summed E-state index contributed by atoms with van der Waals surface area (Å²) in [6.07, 6.45) is -3.23. The maximum Gasteiger partial charge on any atom is 0.419 e. The highest BCUT2D eigenvalue weighted by molar-refractivity contribution is 5.97. The molecule has 7 nitrogen and oxygen atoms in total. The molecule has 0 atom stereocenters. The molecule has 10 heteroatoms. The van der Waals surface area contributed by atoms with Crippen LogP contribution in [0, 0.1) is 0 Å². The minimum atomic E-state index is -4.49. The van der Waals surface area contributed by atoms with Crippen molar-refractivity contribution in [1.82, 2.24) is 25.7 Å². The first-order chi connectivity index (χ1) is 11.9. The van der Waals surface area contributed by atoms with Crippen LogP contribution in [0.2, 0.25) is 0 Å².